The van der Waals surface area contributed by atoms with Gasteiger partial charge in [-0.25, -0.2) is 9.59 Å². The summed E-state index contributed by atoms with van der Waals surface area (Å²) in [7, 11) is 1.60. The molecule has 1 aliphatic rings. The normalized spacial score (nSPS) is 16.4. The Morgan fingerprint density at radius 3 is 2.67 bits per heavy atom. The van der Waals surface area contributed by atoms with Crippen molar-refractivity contribution in [2.24, 2.45) is 0 Å². The lowest BCUT2D eigenvalue weighted by atomic mass is 9.90. The van der Waals surface area contributed by atoms with E-state index in [9.17, 15) is 9.59 Å². The van der Waals surface area contributed by atoms with Crippen molar-refractivity contribution in [3.8, 4) is 5.75 Å². The fraction of sp³-hybridized carbons (Fsp3) is 0.304. The van der Waals surface area contributed by atoms with Gasteiger partial charge in [0.1, 0.15) is 12.4 Å². The highest BCUT2D eigenvalue weighted by Crippen LogP contribution is 2.33. The van der Waals surface area contributed by atoms with Crippen molar-refractivity contribution in [3.63, 3.8) is 0 Å². The van der Waals surface area contributed by atoms with Gasteiger partial charge >= 0.3 is 12.0 Å². The molecule has 1 atom stereocenters. The van der Waals surface area contributed by atoms with E-state index in [1.165, 1.54) is 4.90 Å². The Balaban J connectivity index is 2.08. The van der Waals surface area contributed by atoms with Crippen molar-refractivity contribution in [2.45, 2.75) is 26.8 Å². The van der Waals surface area contributed by atoms with Crippen LogP contribution in [-0.4, -0.2) is 37.2 Å². The van der Waals surface area contributed by atoms with Crippen LogP contribution in [0, 0.1) is 13.8 Å². The largest absolute Gasteiger partial charge is 0.487 e. The van der Waals surface area contributed by atoms with Crippen molar-refractivity contribution in [1.82, 2.24) is 10.2 Å². The Morgan fingerprint density at radius 2 is 1.97 bits per heavy atom. The summed E-state index contributed by atoms with van der Waals surface area (Å²) in [6, 6.07) is 11.9. The molecule has 0 aliphatic carbocycles. The highest BCUT2D eigenvalue weighted by Gasteiger charge is 2.37. The van der Waals surface area contributed by atoms with Gasteiger partial charge in [-0.15, -0.1) is 0 Å². The average molecular weight is 429 g/mol. The molecule has 0 bridgehead atoms. The van der Waals surface area contributed by atoms with Crippen LogP contribution in [-0.2, 0) is 9.53 Å². The van der Waals surface area contributed by atoms with Crippen LogP contribution in [0.2, 0.25) is 5.02 Å². The summed E-state index contributed by atoms with van der Waals surface area (Å²) in [6.07, 6.45) is 0. The number of hydrogen-bond donors (Lipinski definition) is 1. The Kier molecular flexibility index (Phi) is 6.67. The fourth-order valence-corrected chi connectivity index (χ4v) is 3.57. The lowest BCUT2D eigenvalue weighted by Crippen LogP contribution is -2.48. The molecule has 158 valence electrons. The molecule has 2 aromatic rings. The van der Waals surface area contributed by atoms with Crippen molar-refractivity contribution in [1.29, 1.82) is 0 Å². The summed E-state index contributed by atoms with van der Waals surface area (Å²) in [4.78, 5) is 27.1. The number of carbonyl (C=O) groups excluding carboxylic acids is 2. The molecule has 0 unspecified atom stereocenters. The molecule has 2 amide bonds. The van der Waals surface area contributed by atoms with Crippen LogP contribution in [0.5, 0.6) is 5.75 Å². The quantitative estimate of drug-likeness (QED) is 0.685. The number of nitrogens with one attached hydrogen (secondary N) is 1. The highest BCUT2D eigenvalue weighted by molar-refractivity contribution is 6.30. The number of amides is 2. The molecule has 0 fully saturated rings. The van der Waals surface area contributed by atoms with E-state index in [2.05, 4.69) is 5.32 Å². The zero-order chi connectivity index (χ0) is 21.8. The van der Waals surface area contributed by atoms with E-state index in [1.54, 1.807) is 38.2 Å². The first-order valence-electron chi connectivity index (χ1n) is 9.71. The van der Waals surface area contributed by atoms with E-state index < -0.39 is 12.0 Å². The van der Waals surface area contributed by atoms with E-state index in [0.717, 1.165) is 16.7 Å². The number of urea groups is 1. The Hall–Kier alpha value is -2.99. The number of carbonyl (C=O) groups is 2. The number of hydrogen-bond acceptors (Lipinski definition) is 4. The molecular formula is C23H25ClN2O4. The topological polar surface area (TPSA) is 67.9 Å². The maximum atomic E-state index is 13.0. The molecule has 0 saturated carbocycles. The molecule has 0 spiro atoms. The minimum atomic E-state index is -0.634. The third kappa shape index (κ3) is 4.60. The molecule has 0 saturated heterocycles. The van der Waals surface area contributed by atoms with Crippen LogP contribution in [0.3, 0.4) is 0 Å². The number of halogens is 1. The summed E-state index contributed by atoms with van der Waals surface area (Å²) in [5, 5.41) is 3.47. The van der Waals surface area contributed by atoms with E-state index in [0.29, 0.717) is 22.0 Å². The van der Waals surface area contributed by atoms with Crippen molar-refractivity contribution in [2.75, 3.05) is 20.3 Å². The predicted octanol–water partition coefficient (Wildman–Crippen LogP) is 4.55. The third-order valence-corrected chi connectivity index (χ3v) is 5.22. The molecule has 1 aliphatic heterocycles. The van der Waals surface area contributed by atoms with E-state index >= 15 is 0 Å². The number of rotatable bonds is 6. The number of esters is 1. The monoisotopic (exact) mass is 428 g/mol. The molecule has 0 aromatic heterocycles. The standard InChI is InChI=1S/C23H25ClN2O4/c1-5-29-22(27)20-19(13-30-17-8-6-7-16(24)12-17)26(4)23(28)25-21(20)18-11-14(2)9-10-15(18)3/h6-12,21H,5,13H2,1-4H3,(H,25,28)/t21-/m1/s1. The summed E-state index contributed by atoms with van der Waals surface area (Å²) >= 11 is 6.03. The van der Waals surface area contributed by atoms with Crippen LogP contribution in [0.15, 0.2) is 53.7 Å². The Bertz CT molecular complexity index is 1000. The Morgan fingerprint density at radius 1 is 1.20 bits per heavy atom. The van der Waals surface area contributed by atoms with Crippen LogP contribution in [0.4, 0.5) is 4.79 Å². The van der Waals surface area contributed by atoms with Crippen LogP contribution in [0.25, 0.3) is 0 Å². The minimum Gasteiger partial charge on any atom is -0.487 e. The summed E-state index contributed by atoms with van der Waals surface area (Å²) < 4.78 is 11.2. The number of likely N-dealkylation sites (N-methyl/N-ethyl adjacent to an activating group) is 1. The maximum Gasteiger partial charge on any atom is 0.338 e. The highest BCUT2D eigenvalue weighted by atomic mass is 35.5. The first-order chi connectivity index (χ1) is 14.3. The van der Waals surface area contributed by atoms with Crippen molar-refractivity contribution < 1.29 is 19.1 Å². The molecule has 3 rings (SSSR count). The lowest BCUT2D eigenvalue weighted by Gasteiger charge is -2.35. The molecule has 1 heterocycles. The van der Waals surface area contributed by atoms with Crippen LogP contribution < -0.4 is 10.1 Å². The second kappa shape index (κ2) is 9.22. The van der Waals surface area contributed by atoms with Gasteiger partial charge in [0.05, 0.1) is 23.9 Å². The third-order valence-electron chi connectivity index (χ3n) is 4.99. The van der Waals surface area contributed by atoms with Gasteiger partial charge in [-0.3, -0.25) is 4.90 Å². The number of benzene rings is 2. The molecule has 0 radical (unpaired) electrons. The molecule has 30 heavy (non-hydrogen) atoms. The second-order valence-electron chi connectivity index (χ2n) is 7.13. The van der Waals surface area contributed by atoms with Gasteiger partial charge in [-0.05, 0) is 50.1 Å². The molecule has 6 nitrogen and oxygen atoms in total. The van der Waals surface area contributed by atoms with Crippen molar-refractivity contribution in [3.05, 3.63) is 75.4 Å². The predicted molar refractivity (Wildman–Crippen MR) is 116 cm³/mol. The fourth-order valence-electron chi connectivity index (χ4n) is 3.39. The summed E-state index contributed by atoms with van der Waals surface area (Å²) in [5.74, 6) is 0.0563. The molecule has 7 heteroatoms. The van der Waals surface area contributed by atoms with Gasteiger partial charge < -0.3 is 14.8 Å². The number of nitrogens with zero attached hydrogens (tertiary/aromatic N) is 1. The van der Waals surface area contributed by atoms with E-state index in [1.807, 2.05) is 32.0 Å². The molecule has 1 N–H and O–H groups in total. The maximum absolute atomic E-state index is 13.0. The number of aryl methyl sites for hydroxylation is 2. The lowest BCUT2D eigenvalue weighted by molar-refractivity contribution is -0.139. The second-order valence-corrected chi connectivity index (χ2v) is 7.56. The zero-order valence-electron chi connectivity index (χ0n) is 17.5. The average Bonchev–Trinajstić information content (AvgIpc) is 2.70. The summed E-state index contributed by atoms with van der Waals surface area (Å²) in [6.45, 7) is 5.90. The van der Waals surface area contributed by atoms with Crippen LogP contribution >= 0.6 is 11.6 Å². The smallest absolute Gasteiger partial charge is 0.338 e. The van der Waals surface area contributed by atoms with Gasteiger partial charge in [0.2, 0.25) is 0 Å². The zero-order valence-corrected chi connectivity index (χ0v) is 18.2. The van der Waals surface area contributed by atoms with E-state index in [-0.39, 0.29) is 19.2 Å². The van der Waals surface area contributed by atoms with Gasteiger partial charge in [0, 0.05) is 12.1 Å². The van der Waals surface area contributed by atoms with E-state index in [4.69, 9.17) is 21.1 Å². The van der Waals surface area contributed by atoms with Crippen LogP contribution in [0.1, 0.15) is 29.7 Å². The molecular weight excluding hydrogens is 404 g/mol. The number of ether oxygens (including phenoxy) is 2. The minimum absolute atomic E-state index is 0.0137. The SMILES string of the molecule is CCOC(=O)C1=C(COc2cccc(Cl)c2)N(C)C(=O)N[C@@H]1c1cc(C)ccc1C. The Labute approximate surface area is 181 Å². The van der Waals surface area contributed by atoms with Gasteiger partial charge in [0.15, 0.2) is 0 Å². The van der Waals surface area contributed by atoms with Gasteiger partial charge in [0.25, 0.3) is 0 Å². The first kappa shape index (κ1) is 21.7. The molecule has 2 aromatic carbocycles. The summed E-state index contributed by atoms with van der Waals surface area (Å²) in [5.41, 5.74) is 3.65. The van der Waals surface area contributed by atoms with Gasteiger partial charge in [-0.2, -0.15) is 0 Å². The van der Waals surface area contributed by atoms with Crippen molar-refractivity contribution >= 4 is 23.6 Å². The van der Waals surface area contributed by atoms with Gasteiger partial charge in [-0.1, -0.05) is 41.4 Å². The first-order valence-corrected chi connectivity index (χ1v) is 10.1.